The molecule has 0 fully saturated rings. The van der Waals surface area contributed by atoms with Gasteiger partial charge in [0.1, 0.15) is 0 Å². The molecule has 9 rings (SSSR count). The lowest BCUT2D eigenvalue weighted by atomic mass is 9.88. The highest BCUT2D eigenvalue weighted by atomic mass is 14.8. The molecule has 1 N–H and O–H groups in total. The van der Waals surface area contributed by atoms with E-state index >= 15 is 0 Å². The van der Waals surface area contributed by atoms with E-state index < -0.39 is 0 Å². The summed E-state index contributed by atoms with van der Waals surface area (Å²) in [5.74, 6) is 0. The predicted octanol–water partition coefficient (Wildman–Crippen LogP) is 8.25. The lowest BCUT2D eigenvalue weighted by Crippen LogP contribution is -2.14. The third-order valence-corrected chi connectivity index (χ3v) is 8.37. The highest BCUT2D eigenvalue weighted by molar-refractivity contribution is 6.39. The summed E-state index contributed by atoms with van der Waals surface area (Å²) in [5, 5.41) is 4.54. The summed E-state index contributed by atoms with van der Waals surface area (Å²) in [4.78, 5) is 14.3. The van der Waals surface area contributed by atoms with Crippen molar-refractivity contribution in [2.45, 2.75) is 0 Å². The molecular weight excluding hydrogens is 498 g/mol. The van der Waals surface area contributed by atoms with Crippen LogP contribution in [0.2, 0.25) is 0 Å². The monoisotopic (exact) mass is 521 g/mol. The number of para-hydroxylation sites is 2. The van der Waals surface area contributed by atoms with Crippen molar-refractivity contribution in [1.29, 1.82) is 0 Å². The minimum Gasteiger partial charge on any atom is -0.354 e. The molecule has 1 aromatic heterocycles. The number of aromatic nitrogens is 1. The van der Waals surface area contributed by atoms with Gasteiger partial charge in [-0.2, -0.15) is 0 Å². The summed E-state index contributed by atoms with van der Waals surface area (Å²) in [5.41, 5.74) is 13.2. The van der Waals surface area contributed by atoms with Gasteiger partial charge in [-0.25, -0.2) is 9.98 Å². The Labute approximate surface area is 236 Å². The number of hydrogen-bond donors (Lipinski definition) is 1. The predicted molar refractivity (Wildman–Crippen MR) is 169 cm³/mol. The molecule has 2 aliphatic rings. The number of aromatic amines is 1. The van der Waals surface area contributed by atoms with Crippen LogP contribution in [0.15, 0.2) is 143 Å². The van der Waals surface area contributed by atoms with Crippen molar-refractivity contribution in [3.05, 3.63) is 155 Å². The summed E-state index contributed by atoms with van der Waals surface area (Å²) >= 11 is 0. The summed E-state index contributed by atoms with van der Waals surface area (Å²) in [6, 6.07) is 47.1. The second kappa shape index (κ2) is 8.48. The van der Waals surface area contributed by atoms with Gasteiger partial charge in [0.2, 0.25) is 0 Å². The smallest absolute Gasteiger partial charge is 0.0822 e. The van der Waals surface area contributed by atoms with Crippen LogP contribution >= 0.6 is 0 Å². The van der Waals surface area contributed by atoms with Crippen molar-refractivity contribution in [3.8, 4) is 22.3 Å². The van der Waals surface area contributed by atoms with Crippen LogP contribution < -0.4 is 10.6 Å². The number of fused-ring (bicyclic) bond motifs is 8. The molecule has 0 radical (unpaired) electrons. The van der Waals surface area contributed by atoms with Crippen LogP contribution in [-0.4, -0.2) is 10.7 Å². The average molecular weight is 522 g/mol. The topological polar surface area (TPSA) is 40.5 Å². The summed E-state index contributed by atoms with van der Waals surface area (Å²) in [6.07, 6.45) is 0. The van der Waals surface area contributed by atoms with Gasteiger partial charge in [0, 0.05) is 43.8 Å². The normalized spacial score (nSPS) is 13.2. The van der Waals surface area contributed by atoms with Crippen LogP contribution in [-0.2, 0) is 0 Å². The zero-order valence-electron chi connectivity index (χ0n) is 22.1. The Morgan fingerprint density at radius 1 is 0.488 bits per heavy atom. The third-order valence-electron chi connectivity index (χ3n) is 8.37. The number of rotatable bonds is 3. The lowest BCUT2D eigenvalue weighted by molar-refractivity contribution is 1.39. The molecule has 0 saturated heterocycles. The first-order chi connectivity index (χ1) is 20.3. The Morgan fingerprint density at radius 3 is 2.07 bits per heavy atom. The van der Waals surface area contributed by atoms with Gasteiger partial charge >= 0.3 is 0 Å². The Kier molecular flexibility index (Phi) is 4.61. The first-order valence-corrected chi connectivity index (χ1v) is 13.9. The molecule has 0 amide bonds. The highest BCUT2D eigenvalue weighted by Gasteiger charge is 2.29. The first-order valence-electron chi connectivity index (χ1n) is 13.9. The van der Waals surface area contributed by atoms with Gasteiger partial charge in [0.25, 0.3) is 0 Å². The fraction of sp³-hybridized carbons (Fsp3) is 0. The van der Waals surface area contributed by atoms with E-state index in [0.29, 0.717) is 0 Å². The molecule has 3 heteroatoms. The van der Waals surface area contributed by atoms with Gasteiger partial charge in [-0.15, -0.1) is 0 Å². The van der Waals surface area contributed by atoms with E-state index in [0.717, 1.165) is 72.1 Å². The average Bonchev–Trinajstić information content (AvgIpc) is 3.72. The molecule has 0 spiro atoms. The number of nitrogens with zero attached hydrogens (tertiary/aromatic N) is 2. The zero-order chi connectivity index (χ0) is 26.9. The fourth-order valence-electron chi connectivity index (χ4n) is 6.57. The van der Waals surface area contributed by atoms with E-state index in [-0.39, 0.29) is 0 Å². The molecule has 2 aliphatic heterocycles. The minimum atomic E-state index is 0.981. The molecule has 190 valence electrons. The van der Waals surface area contributed by atoms with Gasteiger partial charge in [-0.1, -0.05) is 109 Å². The van der Waals surface area contributed by atoms with Crippen molar-refractivity contribution < 1.29 is 0 Å². The molecule has 6 aromatic carbocycles. The maximum absolute atomic E-state index is 5.56. The van der Waals surface area contributed by atoms with Crippen LogP contribution in [0.1, 0.15) is 11.1 Å². The number of aliphatic imine (C=N–C) groups is 1. The number of benzene rings is 6. The van der Waals surface area contributed by atoms with E-state index in [1.165, 1.54) is 16.3 Å². The molecule has 3 nitrogen and oxygen atoms in total. The second-order valence-electron chi connectivity index (χ2n) is 10.6. The molecule has 0 atom stereocenters. The summed E-state index contributed by atoms with van der Waals surface area (Å²) in [6.45, 7) is 0. The molecule has 41 heavy (non-hydrogen) atoms. The number of H-pyrrole nitrogens is 1. The van der Waals surface area contributed by atoms with Crippen molar-refractivity contribution in [2.75, 3.05) is 0 Å². The van der Waals surface area contributed by atoms with Crippen molar-refractivity contribution in [3.63, 3.8) is 0 Å². The Hall–Kier alpha value is -5.54. The van der Waals surface area contributed by atoms with Crippen molar-refractivity contribution in [2.24, 2.45) is 9.98 Å². The van der Waals surface area contributed by atoms with Crippen LogP contribution in [0.5, 0.6) is 0 Å². The van der Waals surface area contributed by atoms with Crippen LogP contribution in [0.25, 0.3) is 49.6 Å². The van der Waals surface area contributed by atoms with Gasteiger partial charge < -0.3 is 4.98 Å². The second-order valence-corrected chi connectivity index (χ2v) is 10.6. The van der Waals surface area contributed by atoms with Crippen molar-refractivity contribution >= 4 is 44.5 Å². The van der Waals surface area contributed by atoms with Gasteiger partial charge in [-0.05, 0) is 41.0 Å². The number of hydrogen-bond acceptors (Lipinski definition) is 2. The molecule has 0 bridgehead atoms. The van der Waals surface area contributed by atoms with Crippen LogP contribution in [0.3, 0.4) is 0 Å². The van der Waals surface area contributed by atoms with Crippen LogP contribution in [0, 0.1) is 0 Å². The molecule has 0 aliphatic carbocycles. The first kappa shape index (κ1) is 22.3. The highest BCUT2D eigenvalue weighted by Crippen LogP contribution is 2.42. The summed E-state index contributed by atoms with van der Waals surface area (Å²) in [7, 11) is 0. The molecule has 0 saturated carbocycles. The summed E-state index contributed by atoms with van der Waals surface area (Å²) < 4.78 is 0. The number of nitrogens with one attached hydrogen (secondary N) is 1. The van der Waals surface area contributed by atoms with E-state index in [2.05, 4.69) is 132 Å². The molecule has 3 heterocycles. The maximum Gasteiger partial charge on any atom is 0.0822 e. The van der Waals surface area contributed by atoms with Crippen molar-refractivity contribution in [1.82, 2.24) is 4.98 Å². The maximum atomic E-state index is 5.56. The van der Waals surface area contributed by atoms with Gasteiger partial charge in [0.05, 0.1) is 28.0 Å². The minimum absolute atomic E-state index is 0.981. The van der Waals surface area contributed by atoms with E-state index in [4.69, 9.17) is 9.98 Å². The quantitative estimate of drug-likeness (QED) is 0.243. The molecule has 0 unspecified atom stereocenters. The van der Waals surface area contributed by atoms with E-state index in [9.17, 15) is 0 Å². The lowest BCUT2D eigenvalue weighted by Gasteiger charge is -2.15. The van der Waals surface area contributed by atoms with E-state index in [1.807, 2.05) is 6.07 Å². The molecular formula is C38H23N3. The fourth-order valence-corrected chi connectivity index (χ4v) is 6.57. The zero-order valence-corrected chi connectivity index (χ0v) is 22.1. The SMILES string of the molecule is c1ccc(C2=c3ccc4c(c3N=C2c2c(-c3ccccc3)ccc3c2[nH]c2ccccc23)-c2ccccc2N=4)cc1. The Bertz CT molecular complexity index is 2340. The van der Waals surface area contributed by atoms with Gasteiger partial charge in [-0.3, -0.25) is 0 Å². The largest absolute Gasteiger partial charge is 0.354 e. The molecule has 7 aromatic rings. The Balaban J connectivity index is 1.44. The Morgan fingerprint density at radius 2 is 1.22 bits per heavy atom. The standard InChI is InChI=1S/C38H23N3/c1-3-11-23(12-4-1)25-19-20-27-26-15-7-9-17-30(26)40-36(27)35(25)38-33(24-13-5-2-6-14-24)29-21-22-32-34(37(29)41-38)28-16-8-10-18-31(28)39-32/h1-22,40H. The third kappa shape index (κ3) is 3.20. The van der Waals surface area contributed by atoms with Gasteiger partial charge in [0.15, 0.2) is 0 Å². The van der Waals surface area contributed by atoms with E-state index in [1.54, 1.807) is 0 Å². The van der Waals surface area contributed by atoms with Crippen LogP contribution in [0.4, 0.5) is 11.4 Å².